The zero-order valence-electron chi connectivity index (χ0n) is 13.1. The Morgan fingerprint density at radius 2 is 1.35 bits per heavy atom. The number of aromatic nitrogens is 4. The highest BCUT2D eigenvalue weighted by Gasteiger charge is 2.40. The van der Waals surface area contributed by atoms with Gasteiger partial charge in [0.1, 0.15) is 11.3 Å². The molecule has 0 bridgehead atoms. The van der Waals surface area contributed by atoms with Crippen LogP contribution in [0.15, 0.2) is 36.9 Å². The van der Waals surface area contributed by atoms with Crippen LogP contribution in [0.25, 0.3) is 0 Å². The highest BCUT2D eigenvalue weighted by atomic mass is 15.5. The molecule has 0 fully saturated rings. The Bertz CT molecular complexity index is 464. The molecule has 5 nitrogen and oxygen atoms in total. The van der Waals surface area contributed by atoms with Crippen molar-refractivity contribution in [3.05, 3.63) is 36.9 Å². The first kappa shape index (κ1) is 14.8. The van der Waals surface area contributed by atoms with Gasteiger partial charge in [-0.3, -0.25) is 14.3 Å². The van der Waals surface area contributed by atoms with Gasteiger partial charge in [0.05, 0.1) is 0 Å². The van der Waals surface area contributed by atoms with E-state index in [1.165, 1.54) is 0 Å². The van der Waals surface area contributed by atoms with Crippen molar-refractivity contribution in [3.8, 4) is 0 Å². The Morgan fingerprint density at radius 3 is 1.65 bits per heavy atom. The summed E-state index contributed by atoms with van der Waals surface area (Å²) in [6.07, 6.45) is 8.76. The molecule has 2 rings (SSSR count). The Labute approximate surface area is 121 Å². The van der Waals surface area contributed by atoms with Gasteiger partial charge in [0, 0.05) is 31.3 Å². The van der Waals surface area contributed by atoms with Crippen LogP contribution >= 0.6 is 0 Å². The maximum absolute atomic E-state index is 4.43. The van der Waals surface area contributed by atoms with E-state index in [0.717, 1.165) is 13.0 Å². The van der Waals surface area contributed by atoms with Crippen LogP contribution in [0.5, 0.6) is 0 Å². The second-order valence-electron chi connectivity index (χ2n) is 6.04. The predicted octanol–water partition coefficient (Wildman–Crippen LogP) is 2.88. The Hall–Kier alpha value is -1.62. The summed E-state index contributed by atoms with van der Waals surface area (Å²) in [5.74, 6) is 0. The molecule has 110 valence electrons. The van der Waals surface area contributed by atoms with Gasteiger partial charge in [-0.25, -0.2) is 0 Å². The second-order valence-corrected chi connectivity index (χ2v) is 6.04. The molecule has 0 atom stereocenters. The van der Waals surface area contributed by atoms with Crippen LogP contribution in [0.2, 0.25) is 0 Å². The van der Waals surface area contributed by atoms with Gasteiger partial charge in [-0.15, -0.1) is 0 Å². The van der Waals surface area contributed by atoms with E-state index >= 15 is 0 Å². The molecular formula is C15H25N5. The summed E-state index contributed by atoms with van der Waals surface area (Å²) in [7, 11) is 0. The van der Waals surface area contributed by atoms with E-state index < -0.39 is 0 Å². The topological polar surface area (TPSA) is 38.9 Å². The molecule has 0 radical (unpaired) electrons. The molecule has 0 aromatic carbocycles. The van der Waals surface area contributed by atoms with E-state index in [4.69, 9.17) is 0 Å². The fourth-order valence-electron chi connectivity index (χ4n) is 2.87. The summed E-state index contributed by atoms with van der Waals surface area (Å²) >= 11 is 0. The molecule has 0 N–H and O–H groups in total. The molecule has 0 spiro atoms. The van der Waals surface area contributed by atoms with E-state index in [1.807, 2.05) is 46.3 Å². The zero-order chi connectivity index (χ0) is 14.8. The molecule has 0 aliphatic carbocycles. The highest BCUT2D eigenvalue weighted by Crippen LogP contribution is 2.31. The fourth-order valence-corrected chi connectivity index (χ4v) is 2.87. The van der Waals surface area contributed by atoms with Gasteiger partial charge < -0.3 is 0 Å². The third-order valence-corrected chi connectivity index (χ3v) is 3.90. The minimum absolute atomic E-state index is 0.227. The first-order valence-electron chi connectivity index (χ1n) is 7.18. The average Bonchev–Trinajstić information content (AvgIpc) is 3.06. The standard InChI is InChI=1S/C15H25N5/c1-6-11-18(14(2,3)19-12-7-9-16-19)15(4,5)20-13-8-10-17-20/h7-10,12-13H,6,11H2,1-5H3. The smallest absolute Gasteiger partial charge is 0.111 e. The summed E-state index contributed by atoms with van der Waals surface area (Å²) in [6, 6.07) is 3.93. The number of nitrogens with zero attached hydrogens (tertiary/aromatic N) is 5. The third-order valence-electron chi connectivity index (χ3n) is 3.90. The summed E-state index contributed by atoms with van der Waals surface area (Å²) in [5.41, 5.74) is -0.454. The quantitative estimate of drug-likeness (QED) is 0.813. The van der Waals surface area contributed by atoms with Crippen molar-refractivity contribution in [1.29, 1.82) is 0 Å². The lowest BCUT2D eigenvalue weighted by molar-refractivity contribution is -0.0856. The van der Waals surface area contributed by atoms with Gasteiger partial charge in [0.15, 0.2) is 0 Å². The minimum Gasteiger partial charge on any atom is -0.256 e. The van der Waals surface area contributed by atoms with Crippen LogP contribution in [-0.2, 0) is 11.3 Å². The summed E-state index contributed by atoms with van der Waals surface area (Å²) in [4.78, 5) is 2.43. The molecular weight excluding hydrogens is 250 g/mol. The second kappa shape index (κ2) is 5.40. The van der Waals surface area contributed by atoms with Crippen molar-refractivity contribution < 1.29 is 0 Å². The maximum atomic E-state index is 4.43. The molecule has 2 heterocycles. The van der Waals surface area contributed by atoms with Crippen molar-refractivity contribution in [2.75, 3.05) is 6.54 Å². The average molecular weight is 275 g/mol. The number of rotatable bonds is 6. The molecule has 2 aromatic rings. The molecule has 20 heavy (non-hydrogen) atoms. The number of hydrogen-bond donors (Lipinski definition) is 0. The van der Waals surface area contributed by atoms with Crippen molar-refractivity contribution in [3.63, 3.8) is 0 Å². The minimum atomic E-state index is -0.227. The lowest BCUT2D eigenvalue weighted by Gasteiger charge is -2.48. The lowest BCUT2D eigenvalue weighted by atomic mass is 10.1. The molecule has 0 aliphatic rings. The van der Waals surface area contributed by atoms with Crippen molar-refractivity contribution in [1.82, 2.24) is 24.5 Å². The molecule has 0 saturated heterocycles. The summed E-state index contributed by atoms with van der Waals surface area (Å²) in [5, 5.41) is 8.86. The van der Waals surface area contributed by atoms with Gasteiger partial charge in [-0.1, -0.05) is 6.92 Å². The molecule has 2 aromatic heterocycles. The van der Waals surface area contributed by atoms with Crippen molar-refractivity contribution in [2.45, 2.75) is 52.4 Å². The zero-order valence-corrected chi connectivity index (χ0v) is 13.1. The van der Waals surface area contributed by atoms with Gasteiger partial charge in [-0.05, 0) is 46.2 Å². The van der Waals surface area contributed by atoms with Crippen LogP contribution in [0, 0.1) is 0 Å². The Balaban J connectivity index is 2.41. The molecule has 0 saturated carbocycles. The van der Waals surface area contributed by atoms with E-state index in [2.05, 4.69) is 49.7 Å². The molecule has 5 heteroatoms. The van der Waals surface area contributed by atoms with Gasteiger partial charge in [0.25, 0.3) is 0 Å². The third kappa shape index (κ3) is 2.50. The summed E-state index contributed by atoms with van der Waals surface area (Å²) in [6.45, 7) is 12.0. The van der Waals surface area contributed by atoms with E-state index in [-0.39, 0.29) is 11.3 Å². The largest absolute Gasteiger partial charge is 0.256 e. The van der Waals surface area contributed by atoms with E-state index in [1.54, 1.807) is 0 Å². The Morgan fingerprint density at radius 1 is 0.900 bits per heavy atom. The van der Waals surface area contributed by atoms with Crippen molar-refractivity contribution >= 4 is 0 Å². The van der Waals surface area contributed by atoms with E-state index in [0.29, 0.717) is 0 Å². The highest BCUT2D eigenvalue weighted by molar-refractivity contribution is 4.92. The van der Waals surface area contributed by atoms with E-state index in [9.17, 15) is 0 Å². The first-order valence-corrected chi connectivity index (χ1v) is 7.18. The number of hydrogen-bond acceptors (Lipinski definition) is 3. The van der Waals surface area contributed by atoms with Gasteiger partial charge >= 0.3 is 0 Å². The normalized spacial score (nSPS) is 13.1. The fraction of sp³-hybridized carbons (Fsp3) is 0.600. The first-order chi connectivity index (χ1) is 9.40. The Kier molecular flexibility index (Phi) is 3.99. The van der Waals surface area contributed by atoms with Crippen LogP contribution in [0.4, 0.5) is 0 Å². The molecule has 0 amide bonds. The van der Waals surface area contributed by atoms with Crippen LogP contribution in [0.1, 0.15) is 41.0 Å². The molecule has 0 aliphatic heterocycles. The van der Waals surface area contributed by atoms with Crippen LogP contribution in [0.3, 0.4) is 0 Å². The lowest BCUT2D eigenvalue weighted by Crippen LogP contribution is -2.58. The van der Waals surface area contributed by atoms with Gasteiger partial charge in [0.2, 0.25) is 0 Å². The van der Waals surface area contributed by atoms with Crippen molar-refractivity contribution in [2.24, 2.45) is 0 Å². The summed E-state index contributed by atoms with van der Waals surface area (Å²) < 4.78 is 4.02. The monoisotopic (exact) mass is 275 g/mol. The SMILES string of the molecule is CCCN(C(C)(C)n1cccn1)C(C)(C)n1cccn1. The van der Waals surface area contributed by atoms with Crippen LogP contribution in [-0.4, -0.2) is 31.0 Å². The van der Waals surface area contributed by atoms with Gasteiger partial charge in [-0.2, -0.15) is 10.2 Å². The predicted molar refractivity (Wildman–Crippen MR) is 80.1 cm³/mol. The maximum Gasteiger partial charge on any atom is 0.111 e. The molecule has 0 unspecified atom stereocenters. The van der Waals surface area contributed by atoms with Crippen LogP contribution < -0.4 is 0 Å².